The minimum Gasteiger partial charge on any atom is -0.493 e. The summed E-state index contributed by atoms with van der Waals surface area (Å²) in [4.78, 5) is 13.9. The highest BCUT2D eigenvalue weighted by atomic mass is 19.4. The first-order valence-corrected chi connectivity index (χ1v) is 8.66. The van der Waals surface area contributed by atoms with Crippen LogP contribution < -0.4 is 10.1 Å². The van der Waals surface area contributed by atoms with Gasteiger partial charge in [0.15, 0.2) is 5.60 Å². The van der Waals surface area contributed by atoms with Crippen LogP contribution in [0.3, 0.4) is 0 Å². The number of ether oxygens (including phenoxy) is 2. The van der Waals surface area contributed by atoms with Crippen LogP contribution in [0.2, 0.25) is 0 Å². The first kappa shape index (κ1) is 18.8. The van der Waals surface area contributed by atoms with Crippen LogP contribution in [0.1, 0.15) is 31.2 Å². The van der Waals surface area contributed by atoms with Crippen molar-refractivity contribution in [2.75, 3.05) is 26.8 Å². The highest BCUT2D eigenvalue weighted by Gasteiger charge is 2.56. The fraction of sp³-hybridized carbons (Fsp3) is 0.611. The van der Waals surface area contributed by atoms with E-state index in [4.69, 9.17) is 9.47 Å². The predicted octanol–water partition coefficient (Wildman–Crippen LogP) is 3.30. The normalized spacial score (nSPS) is 23.1. The minimum atomic E-state index is -4.44. The number of hydrogen-bond acceptors (Lipinski definition) is 3. The number of carbonyl (C=O) groups excluding carboxylic acids is 1. The quantitative estimate of drug-likeness (QED) is 0.886. The predicted molar refractivity (Wildman–Crippen MR) is 89.3 cm³/mol. The molecule has 2 aliphatic rings. The molecule has 0 aliphatic carbocycles. The molecule has 0 saturated carbocycles. The van der Waals surface area contributed by atoms with E-state index in [0.29, 0.717) is 6.61 Å². The molecule has 8 heteroatoms. The third-order valence-corrected chi connectivity index (χ3v) is 5.46. The average molecular weight is 372 g/mol. The standard InChI is InChI=1S/C18H23F3N2O3/c1-12(14-11-26-15-6-4-3-5-13(14)15)22-16(24)23-9-7-17(25-2,8-10-23)18(19,20)21/h3-6,12,14H,7-11H2,1-2H3,(H,22,24). The zero-order chi connectivity index (χ0) is 18.9. The van der Waals surface area contributed by atoms with Gasteiger partial charge in [-0.15, -0.1) is 0 Å². The molecule has 0 spiro atoms. The number of benzene rings is 1. The lowest BCUT2D eigenvalue weighted by Gasteiger charge is -2.41. The van der Waals surface area contributed by atoms with Crippen LogP contribution in [-0.4, -0.2) is 55.6 Å². The minimum absolute atomic E-state index is 0.00363. The van der Waals surface area contributed by atoms with E-state index in [2.05, 4.69) is 5.32 Å². The van der Waals surface area contributed by atoms with Crippen molar-refractivity contribution in [1.29, 1.82) is 0 Å². The summed E-state index contributed by atoms with van der Waals surface area (Å²) in [7, 11) is 1.07. The number of amides is 2. The second-order valence-corrected chi connectivity index (χ2v) is 6.88. The number of rotatable bonds is 3. The summed E-state index contributed by atoms with van der Waals surface area (Å²) in [5.74, 6) is 0.833. The van der Waals surface area contributed by atoms with Gasteiger partial charge in [-0.1, -0.05) is 18.2 Å². The van der Waals surface area contributed by atoms with Crippen LogP contribution in [0.4, 0.5) is 18.0 Å². The van der Waals surface area contributed by atoms with Gasteiger partial charge in [-0.25, -0.2) is 4.79 Å². The molecule has 1 N–H and O–H groups in total. The van der Waals surface area contributed by atoms with Gasteiger partial charge in [0.2, 0.25) is 0 Å². The van der Waals surface area contributed by atoms with Crippen molar-refractivity contribution in [2.24, 2.45) is 0 Å². The summed E-state index contributed by atoms with van der Waals surface area (Å²) < 4.78 is 50.1. The van der Waals surface area contributed by atoms with E-state index in [1.165, 1.54) is 4.90 Å². The molecule has 2 atom stereocenters. The fourth-order valence-corrected chi connectivity index (χ4v) is 3.66. The lowest BCUT2D eigenvalue weighted by atomic mass is 9.90. The number of urea groups is 1. The van der Waals surface area contributed by atoms with Crippen LogP contribution in [0, 0.1) is 0 Å². The van der Waals surface area contributed by atoms with Crippen LogP contribution in [0.25, 0.3) is 0 Å². The molecule has 1 aromatic carbocycles. The lowest BCUT2D eigenvalue weighted by Crippen LogP contribution is -2.57. The second kappa shape index (κ2) is 6.98. The number of nitrogens with one attached hydrogen (secondary N) is 1. The second-order valence-electron chi connectivity index (χ2n) is 6.88. The third-order valence-electron chi connectivity index (χ3n) is 5.46. The number of hydrogen-bond donors (Lipinski definition) is 1. The van der Waals surface area contributed by atoms with Crippen molar-refractivity contribution in [3.05, 3.63) is 29.8 Å². The Morgan fingerprint density at radius 3 is 2.62 bits per heavy atom. The summed E-state index contributed by atoms with van der Waals surface area (Å²) in [6.07, 6.45) is -4.96. The molecule has 2 amide bonds. The lowest BCUT2D eigenvalue weighted by molar-refractivity contribution is -0.281. The van der Waals surface area contributed by atoms with Gasteiger partial charge in [-0.05, 0) is 13.0 Å². The van der Waals surface area contributed by atoms with Crippen LogP contribution in [0.15, 0.2) is 24.3 Å². The molecule has 3 rings (SSSR count). The zero-order valence-corrected chi connectivity index (χ0v) is 14.8. The largest absolute Gasteiger partial charge is 0.493 e. The van der Waals surface area contributed by atoms with Crippen LogP contribution in [0.5, 0.6) is 5.75 Å². The van der Waals surface area contributed by atoms with Crippen LogP contribution in [-0.2, 0) is 4.74 Å². The monoisotopic (exact) mass is 372 g/mol. The van der Waals surface area contributed by atoms with Crippen molar-refractivity contribution in [1.82, 2.24) is 10.2 Å². The van der Waals surface area contributed by atoms with Crippen molar-refractivity contribution >= 4 is 6.03 Å². The molecule has 1 aromatic rings. The van der Waals surface area contributed by atoms with Gasteiger partial charge in [0, 0.05) is 50.6 Å². The van der Waals surface area contributed by atoms with E-state index >= 15 is 0 Å². The molecule has 1 fully saturated rings. The molecular weight excluding hydrogens is 349 g/mol. The van der Waals surface area contributed by atoms with Gasteiger partial charge in [-0.2, -0.15) is 13.2 Å². The van der Waals surface area contributed by atoms with Gasteiger partial charge in [0.05, 0.1) is 6.61 Å². The van der Waals surface area contributed by atoms with Crippen LogP contribution >= 0.6 is 0 Å². The summed E-state index contributed by atoms with van der Waals surface area (Å²) in [5, 5.41) is 2.90. The summed E-state index contributed by atoms with van der Waals surface area (Å²) in [6, 6.07) is 7.11. The Morgan fingerprint density at radius 2 is 2.00 bits per heavy atom. The highest BCUT2D eigenvalue weighted by molar-refractivity contribution is 5.74. The maximum atomic E-state index is 13.2. The Hall–Kier alpha value is -1.96. The number of likely N-dealkylation sites (tertiary alicyclic amines) is 1. The van der Waals surface area contributed by atoms with Crippen molar-refractivity contribution in [3.8, 4) is 5.75 Å². The Morgan fingerprint density at radius 1 is 1.35 bits per heavy atom. The number of carbonyl (C=O) groups is 1. The molecule has 5 nitrogen and oxygen atoms in total. The number of fused-ring (bicyclic) bond motifs is 1. The van der Waals surface area contributed by atoms with Gasteiger partial charge < -0.3 is 19.7 Å². The number of nitrogens with zero attached hydrogens (tertiary/aromatic N) is 1. The summed E-state index contributed by atoms with van der Waals surface area (Å²) in [6.45, 7) is 2.36. The van der Waals surface area contributed by atoms with E-state index in [1.54, 1.807) is 0 Å². The first-order valence-electron chi connectivity index (χ1n) is 8.66. The van der Waals surface area contributed by atoms with E-state index in [-0.39, 0.29) is 43.9 Å². The molecule has 26 heavy (non-hydrogen) atoms. The molecule has 2 heterocycles. The number of alkyl halides is 3. The Balaban J connectivity index is 1.58. The molecule has 144 valence electrons. The van der Waals surface area contributed by atoms with Gasteiger partial charge >= 0.3 is 12.2 Å². The first-order chi connectivity index (χ1) is 12.3. The topological polar surface area (TPSA) is 50.8 Å². The highest BCUT2D eigenvalue weighted by Crippen LogP contribution is 2.41. The van der Waals surface area contributed by atoms with E-state index in [1.807, 2.05) is 31.2 Å². The molecule has 0 aromatic heterocycles. The van der Waals surface area contributed by atoms with Gasteiger partial charge in [0.1, 0.15) is 5.75 Å². The third kappa shape index (κ3) is 3.34. The molecule has 0 bridgehead atoms. The van der Waals surface area contributed by atoms with Gasteiger partial charge in [0.25, 0.3) is 0 Å². The fourth-order valence-electron chi connectivity index (χ4n) is 3.66. The molecule has 2 aliphatic heterocycles. The maximum absolute atomic E-state index is 13.2. The molecule has 2 unspecified atom stereocenters. The number of methoxy groups -OCH3 is 1. The molecular formula is C18H23F3N2O3. The van der Waals surface area contributed by atoms with E-state index in [9.17, 15) is 18.0 Å². The van der Waals surface area contributed by atoms with Crippen molar-refractivity contribution in [3.63, 3.8) is 0 Å². The average Bonchev–Trinajstić information content (AvgIpc) is 3.05. The summed E-state index contributed by atoms with van der Waals surface area (Å²) in [5.41, 5.74) is -1.12. The van der Waals surface area contributed by atoms with Crippen molar-refractivity contribution in [2.45, 2.75) is 43.5 Å². The number of halogens is 3. The number of piperidine rings is 1. The molecule has 1 saturated heterocycles. The number of para-hydroxylation sites is 1. The Bertz CT molecular complexity index is 657. The van der Waals surface area contributed by atoms with Gasteiger partial charge in [-0.3, -0.25) is 0 Å². The Labute approximate surface area is 150 Å². The molecule has 0 radical (unpaired) electrons. The van der Waals surface area contributed by atoms with Crippen molar-refractivity contribution < 1.29 is 27.4 Å². The SMILES string of the molecule is COC1(C(F)(F)F)CCN(C(=O)NC(C)C2COc3ccccc32)CC1. The Kier molecular flexibility index (Phi) is 5.05. The van der Waals surface area contributed by atoms with E-state index in [0.717, 1.165) is 18.4 Å². The van der Waals surface area contributed by atoms with E-state index < -0.39 is 11.8 Å². The zero-order valence-electron chi connectivity index (χ0n) is 14.8. The smallest absolute Gasteiger partial charge is 0.417 e. The maximum Gasteiger partial charge on any atom is 0.417 e. The summed E-state index contributed by atoms with van der Waals surface area (Å²) >= 11 is 0.